The van der Waals surface area contributed by atoms with E-state index in [2.05, 4.69) is 0 Å². The maximum absolute atomic E-state index is 14.6. The summed E-state index contributed by atoms with van der Waals surface area (Å²) in [4.78, 5) is 49.8. The monoisotopic (exact) mass is 514 g/mol. The van der Waals surface area contributed by atoms with Crippen molar-refractivity contribution in [1.82, 2.24) is 4.98 Å². The molecule has 39 heavy (non-hydrogen) atoms. The van der Waals surface area contributed by atoms with Crippen LogP contribution in [0.2, 0.25) is 0 Å². The minimum absolute atomic E-state index is 0.126. The smallest absolute Gasteiger partial charge is 0.180 e. The first-order valence-corrected chi connectivity index (χ1v) is 13.2. The summed E-state index contributed by atoms with van der Waals surface area (Å²) in [7, 11) is 0. The van der Waals surface area contributed by atoms with Gasteiger partial charge in [0.1, 0.15) is 11.2 Å². The number of hydrogen-bond acceptors (Lipinski definition) is 6. The summed E-state index contributed by atoms with van der Waals surface area (Å²) in [6.45, 7) is 3.85. The van der Waals surface area contributed by atoms with Crippen molar-refractivity contribution in [2.24, 2.45) is 5.41 Å². The number of carbonyl (C=O) groups is 3. The number of anilines is 1. The van der Waals surface area contributed by atoms with Gasteiger partial charge in [0.2, 0.25) is 0 Å². The van der Waals surface area contributed by atoms with E-state index in [1.807, 2.05) is 72.5 Å². The maximum atomic E-state index is 14.6. The molecule has 0 radical (unpaired) electrons. The fraction of sp³-hybridized carbons (Fsp3) is 0.212. The van der Waals surface area contributed by atoms with Crippen LogP contribution in [0.5, 0.6) is 5.75 Å². The third-order valence-electron chi connectivity index (χ3n) is 8.51. The topological polar surface area (TPSA) is 76.6 Å². The van der Waals surface area contributed by atoms with Crippen molar-refractivity contribution in [2.75, 3.05) is 11.5 Å². The van der Waals surface area contributed by atoms with E-state index in [9.17, 15) is 14.4 Å². The molecule has 0 saturated carbocycles. The molecule has 1 fully saturated rings. The van der Waals surface area contributed by atoms with Crippen LogP contribution in [0.25, 0.3) is 17.0 Å². The molecule has 1 spiro atoms. The largest absolute Gasteiger partial charge is 0.494 e. The standard InChI is InChI=1S/C33H26N2O4/c1-3-39-25-13-7-6-12-24(25)27-29(19(2)36)35-26(33(27)31(37)22-10-4-5-11-23(22)32(33)38)17-16-21-15-14-20-9-8-18-34-28(20)30(21)35/h4-18,26-27,29H,3H2,1-2H3/t26-,27-,29-/m0/s1. The third-order valence-corrected chi connectivity index (χ3v) is 8.51. The van der Waals surface area contributed by atoms with Crippen LogP contribution in [0.15, 0.2) is 85.1 Å². The highest BCUT2D eigenvalue weighted by Crippen LogP contribution is 2.62. The number of Topliss-reactive ketones (excluding diaryl/α,β-unsaturated/α-hetero) is 3. The quantitative estimate of drug-likeness (QED) is 0.327. The molecule has 3 atom stereocenters. The molecule has 1 saturated heterocycles. The van der Waals surface area contributed by atoms with Gasteiger partial charge in [-0.2, -0.15) is 0 Å². The van der Waals surface area contributed by atoms with Crippen molar-refractivity contribution in [3.05, 3.63) is 107 Å². The molecule has 1 aromatic heterocycles. The van der Waals surface area contributed by atoms with Gasteiger partial charge in [0.05, 0.1) is 29.9 Å². The number of fused-ring (bicyclic) bond motifs is 7. The number of pyridine rings is 1. The molecule has 4 aromatic rings. The number of ketones is 3. The molecule has 2 aliphatic heterocycles. The molecule has 7 rings (SSSR count). The molecule has 6 heteroatoms. The molecule has 192 valence electrons. The number of aromatic nitrogens is 1. The maximum Gasteiger partial charge on any atom is 0.180 e. The van der Waals surface area contributed by atoms with Gasteiger partial charge in [0.25, 0.3) is 0 Å². The van der Waals surface area contributed by atoms with Crippen LogP contribution < -0.4 is 9.64 Å². The molecule has 0 N–H and O–H groups in total. The summed E-state index contributed by atoms with van der Waals surface area (Å²) in [6, 6.07) is 20.9. The lowest BCUT2D eigenvalue weighted by Crippen LogP contribution is -2.48. The van der Waals surface area contributed by atoms with Gasteiger partial charge in [-0.25, -0.2) is 0 Å². The second kappa shape index (κ2) is 8.46. The van der Waals surface area contributed by atoms with Crippen LogP contribution in [0, 0.1) is 5.41 Å². The first kappa shape index (κ1) is 23.5. The Kier molecular flexibility index (Phi) is 5.11. The number of para-hydroxylation sites is 1. The molecular weight excluding hydrogens is 488 g/mol. The second-order valence-electron chi connectivity index (χ2n) is 10.4. The van der Waals surface area contributed by atoms with Crippen LogP contribution in [0.3, 0.4) is 0 Å². The van der Waals surface area contributed by atoms with Crippen molar-refractivity contribution in [3.8, 4) is 5.75 Å². The predicted molar refractivity (Wildman–Crippen MR) is 149 cm³/mol. The van der Waals surface area contributed by atoms with E-state index in [1.165, 1.54) is 0 Å². The molecule has 6 nitrogen and oxygen atoms in total. The van der Waals surface area contributed by atoms with Gasteiger partial charge in [-0.15, -0.1) is 0 Å². The Balaban J connectivity index is 1.59. The normalized spacial score (nSPS) is 22.2. The minimum atomic E-state index is -1.54. The van der Waals surface area contributed by atoms with Crippen molar-refractivity contribution >= 4 is 40.0 Å². The zero-order valence-corrected chi connectivity index (χ0v) is 21.6. The number of hydrogen-bond donors (Lipinski definition) is 0. The first-order valence-electron chi connectivity index (χ1n) is 13.2. The Morgan fingerprint density at radius 3 is 2.38 bits per heavy atom. The van der Waals surface area contributed by atoms with Crippen molar-refractivity contribution in [3.63, 3.8) is 0 Å². The summed E-state index contributed by atoms with van der Waals surface area (Å²) >= 11 is 0. The lowest BCUT2D eigenvalue weighted by Gasteiger charge is -2.37. The molecule has 3 aliphatic rings. The highest BCUT2D eigenvalue weighted by Gasteiger charge is 2.71. The van der Waals surface area contributed by atoms with Gasteiger partial charge >= 0.3 is 0 Å². The Hall–Kier alpha value is -4.58. The minimum Gasteiger partial charge on any atom is -0.494 e. The molecule has 0 bridgehead atoms. The number of carbonyl (C=O) groups excluding carboxylic acids is 3. The lowest BCUT2D eigenvalue weighted by atomic mass is 9.64. The SMILES string of the molecule is CCOc1ccccc1[C@H]1[C@H](C(C)=O)N2c3c(ccc4cccnc34)C=C[C@H]2C12C(=O)c1ccccc1C2=O. The average molecular weight is 515 g/mol. The van der Waals surface area contributed by atoms with Gasteiger partial charge in [-0.3, -0.25) is 19.4 Å². The number of benzene rings is 3. The van der Waals surface area contributed by atoms with Crippen LogP contribution in [0.4, 0.5) is 5.69 Å². The molecule has 3 aromatic carbocycles. The molecule has 0 amide bonds. The van der Waals surface area contributed by atoms with Gasteiger partial charge in [-0.1, -0.05) is 72.8 Å². The fourth-order valence-corrected chi connectivity index (χ4v) is 7.10. The highest BCUT2D eigenvalue weighted by molar-refractivity contribution is 6.32. The number of nitrogens with zero attached hydrogens (tertiary/aromatic N) is 2. The third kappa shape index (κ3) is 2.97. The Morgan fingerprint density at radius 2 is 1.67 bits per heavy atom. The van der Waals surface area contributed by atoms with Crippen LogP contribution in [0.1, 0.15) is 51.6 Å². The van der Waals surface area contributed by atoms with Gasteiger partial charge in [0, 0.05) is 34.2 Å². The fourth-order valence-electron chi connectivity index (χ4n) is 7.10. The first-order chi connectivity index (χ1) is 19.0. The van der Waals surface area contributed by atoms with Crippen molar-refractivity contribution < 1.29 is 19.1 Å². The number of rotatable bonds is 4. The average Bonchev–Trinajstić information content (AvgIpc) is 3.39. The zero-order valence-electron chi connectivity index (χ0n) is 21.6. The van der Waals surface area contributed by atoms with Gasteiger partial charge in [0.15, 0.2) is 17.3 Å². The van der Waals surface area contributed by atoms with Crippen molar-refractivity contribution in [2.45, 2.75) is 31.8 Å². The van der Waals surface area contributed by atoms with Crippen LogP contribution >= 0.6 is 0 Å². The highest BCUT2D eigenvalue weighted by atomic mass is 16.5. The predicted octanol–water partition coefficient (Wildman–Crippen LogP) is 5.66. The van der Waals surface area contributed by atoms with E-state index in [0.29, 0.717) is 29.0 Å². The Labute approximate surface area is 225 Å². The van der Waals surface area contributed by atoms with Crippen LogP contribution in [-0.2, 0) is 4.79 Å². The summed E-state index contributed by atoms with van der Waals surface area (Å²) in [6.07, 6.45) is 5.62. The number of ether oxygens (including phenoxy) is 1. The van der Waals surface area contributed by atoms with E-state index in [4.69, 9.17) is 9.72 Å². The summed E-state index contributed by atoms with van der Waals surface area (Å²) in [5.41, 5.74) is 2.35. The Morgan fingerprint density at radius 1 is 0.949 bits per heavy atom. The summed E-state index contributed by atoms with van der Waals surface area (Å²) < 4.78 is 6.04. The summed E-state index contributed by atoms with van der Waals surface area (Å²) in [5.74, 6) is -0.824. The Bertz CT molecular complexity index is 1700. The molecular formula is C33H26N2O4. The van der Waals surface area contributed by atoms with E-state index in [1.54, 1.807) is 37.4 Å². The van der Waals surface area contributed by atoms with Crippen molar-refractivity contribution in [1.29, 1.82) is 0 Å². The van der Waals surface area contributed by atoms with E-state index in [0.717, 1.165) is 22.2 Å². The van der Waals surface area contributed by atoms with Gasteiger partial charge in [-0.05, 0) is 31.5 Å². The van der Waals surface area contributed by atoms with Gasteiger partial charge < -0.3 is 9.64 Å². The molecule has 1 aliphatic carbocycles. The zero-order chi connectivity index (χ0) is 26.9. The summed E-state index contributed by atoms with van der Waals surface area (Å²) in [5, 5.41) is 0.923. The van der Waals surface area contributed by atoms with E-state index in [-0.39, 0.29) is 17.3 Å². The lowest BCUT2D eigenvalue weighted by molar-refractivity contribution is -0.118. The van der Waals surface area contributed by atoms with Crippen LogP contribution in [-0.4, -0.2) is 41.0 Å². The molecule has 0 unspecified atom stereocenters. The van der Waals surface area contributed by atoms with E-state index >= 15 is 0 Å². The van der Waals surface area contributed by atoms with E-state index < -0.39 is 23.4 Å². The second-order valence-corrected chi connectivity index (χ2v) is 10.4. The molecule has 3 heterocycles.